The van der Waals surface area contributed by atoms with Gasteiger partial charge in [0.15, 0.2) is 5.78 Å². The minimum absolute atomic E-state index is 0.0810. The van der Waals surface area contributed by atoms with Gasteiger partial charge in [-0.3, -0.25) is 4.79 Å². The first-order valence-electron chi connectivity index (χ1n) is 4.32. The SMILES string of the molecule is CC(C)(C)C(=O)c1ccc(F)cc1Cl. The summed E-state index contributed by atoms with van der Waals surface area (Å²) in [7, 11) is 0. The molecular weight excluding hydrogens is 203 g/mol. The molecule has 14 heavy (non-hydrogen) atoms. The number of hydrogen-bond donors (Lipinski definition) is 0. The van der Waals surface area contributed by atoms with Gasteiger partial charge in [0.1, 0.15) is 5.82 Å². The molecule has 0 saturated heterocycles. The van der Waals surface area contributed by atoms with Gasteiger partial charge in [0.25, 0.3) is 0 Å². The molecule has 0 fully saturated rings. The molecule has 1 aromatic carbocycles. The number of carbonyl (C=O) groups is 1. The molecule has 0 N–H and O–H groups in total. The van der Waals surface area contributed by atoms with E-state index in [1.54, 1.807) is 20.8 Å². The lowest BCUT2D eigenvalue weighted by molar-refractivity contribution is 0.0858. The second-order valence-electron chi connectivity index (χ2n) is 4.20. The minimum Gasteiger partial charge on any atom is -0.294 e. The average Bonchev–Trinajstić information content (AvgIpc) is 2.01. The van der Waals surface area contributed by atoms with E-state index in [9.17, 15) is 9.18 Å². The first-order valence-corrected chi connectivity index (χ1v) is 4.70. The van der Waals surface area contributed by atoms with Crippen LogP contribution in [-0.4, -0.2) is 5.78 Å². The zero-order chi connectivity index (χ0) is 10.9. The van der Waals surface area contributed by atoms with Crippen molar-refractivity contribution >= 4 is 17.4 Å². The molecule has 0 aromatic heterocycles. The highest BCUT2D eigenvalue weighted by atomic mass is 35.5. The number of rotatable bonds is 1. The third kappa shape index (κ3) is 2.32. The molecule has 0 saturated carbocycles. The Labute approximate surface area is 87.9 Å². The van der Waals surface area contributed by atoms with Crippen LogP contribution in [0.3, 0.4) is 0 Å². The zero-order valence-electron chi connectivity index (χ0n) is 8.40. The Morgan fingerprint density at radius 2 is 1.93 bits per heavy atom. The quantitative estimate of drug-likeness (QED) is 0.652. The molecule has 0 aliphatic carbocycles. The van der Waals surface area contributed by atoms with Crippen LogP contribution in [-0.2, 0) is 0 Å². The summed E-state index contributed by atoms with van der Waals surface area (Å²) in [5, 5.41) is 0.171. The van der Waals surface area contributed by atoms with E-state index in [0.29, 0.717) is 5.56 Å². The smallest absolute Gasteiger partial charge is 0.169 e. The van der Waals surface area contributed by atoms with Crippen molar-refractivity contribution in [3.63, 3.8) is 0 Å². The maximum atomic E-state index is 12.7. The van der Waals surface area contributed by atoms with Crippen molar-refractivity contribution in [1.82, 2.24) is 0 Å². The molecule has 1 rings (SSSR count). The van der Waals surface area contributed by atoms with Gasteiger partial charge >= 0.3 is 0 Å². The van der Waals surface area contributed by atoms with Gasteiger partial charge in [-0.15, -0.1) is 0 Å². The molecule has 1 aromatic rings. The largest absolute Gasteiger partial charge is 0.294 e. The summed E-state index contributed by atoms with van der Waals surface area (Å²) in [6.45, 7) is 5.40. The van der Waals surface area contributed by atoms with Crippen molar-refractivity contribution in [3.05, 3.63) is 34.6 Å². The molecular formula is C11H12ClFO. The summed E-state index contributed by atoms with van der Waals surface area (Å²) in [6, 6.07) is 3.82. The Morgan fingerprint density at radius 3 is 2.36 bits per heavy atom. The molecule has 0 atom stereocenters. The van der Waals surface area contributed by atoms with E-state index in [1.807, 2.05) is 0 Å². The van der Waals surface area contributed by atoms with Crippen molar-refractivity contribution in [2.24, 2.45) is 5.41 Å². The van der Waals surface area contributed by atoms with Gasteiger partial charge in [0.2, 0.25) is 0 Å². The molecule has 0 amide bonds. The predicted molar refractivity (Wildman–Crippen MR) is 55.2 cm³/mol. The number of ketones is 1. The van der Waals surface area contributed by atoms with Crippen LogP contribution in [0, 0.1) is 11.2 Å². The van der Waals surface area contributed by atoms with E-state index < -0.39 is 11.2 Å². The standard InChI is InChI=1S/C11H12ClFO/c1-11(2,3)10(14)8-5-4-7(13)6-9(8)12/h4-6H,1-3H3. The third-order valence-electron chi connectivity index (χ3n) is 1.86. The molecule has 1 nitrogen and oxygen atoms in total. The van der Waals surface area contributed by atoms with E-state index in [2.05, 4.69) is 0 Å². The maximum absolute atomic E-state index is 12.7. The van der Waals surface area contributed by atoms with Gasteiger partial charge < -0.3 is 0 Å². The Balaban J connectivity index is 3.15. The first-order chi connectivity index (χ1) is 6.32. The molecule has 0 spiro atoms. The van der Waals surface area contributed by atoms with Gasteiger partial charge in [-0.2, -0.15) is 0 Å². The highest BCUT2D eigenvalue weighted by molar-refractivity contribution is 6.34. The van der Waals surface area contributed by atoms with Crippen LogP contribution in [0.4, 0.5) is 4.39 Å². The molecule has 0 unspecified atom stereocenters. The highest BCUT2D eigenvalue weighted by Crippen LogP contribution is 2.26. The summed E-state index contributed by atoms with van der Waals surface area (Å²) in [5.41, 5.74) is -0.123. The first kappa shape index (κ1) is 11.2. The van der Waals surface area contributed by atoms with Crippen molar-refractivity contribution in [1.29, 1.82) is 0 Å². The number of halogens is 2. The predicted octanol–water partition coefficient (Wildman–Crippen LogP) is 3.71. The minimum atomic E-state index is -0.499. The zero-order valence-corrected chi connectivity index (χ0v) is 9.15. The number of benzene rings is 1. The van der Waals surface area contributed by atoms with Gasteiger partial charge in [0, 0.05) is 11.0 Å². The van der Waals surface area contributed by atoms with Crippen LogP contribution in [0.15, 0.2) is 18.2 Å². The molecule has 0 heterocycles. The molecule has 0 radical (unpaired) electrons. The van der Waals surface area contributed by atoms with E-state index >= 15 is 0 Å². The maximum Gasteiger partial charge on any atom is 0.169 e. The fourth-order valence-electron chi connectivity index (χ4n) is 1.08. The van der Waals surface area contributed by atoms with Crippen molar-refractivity contribution in [2.75, 3.05) is 0 Å². The number of carbonyl (C=O) groups excluding carboxylic acids is 1. The van der Waals surface area contributed by atoms with Crippen LogP contribution >= 0.6 is 11.6 Å². The van der Waals surface area contributed by atoms with Crippen LogP contribution < -0.4 is 0 Å². The summed E-state index contributed by atoms with van der Waals surface area (Å²) >= 11 is 5.77. The van der Waals surface area contributed by atoms with Gasteiger partial charge in [0.05, 0.1) is 5.02 Å². The van der Waals surface area contributed by atoms with Crippen molar-refractivity contribution in [2.45, 2.75) is 20.8 Å². The summed E-state index contributed by atoms with van der Waals surface area (Å²) in [4.78, 5) is 11.8. The van der Waals surface area contributed by atoms with E-state index in [1.165, 1.54) is 12.1 Å². The molecule has 0 aliphatic heterocycles. The average molecular weight is 215 g/mol. The normalized spacial score (nSPS) is 11.5. The highest BCUT2D eigenvalue weighted by Gasteiger charge is 2.24. The Hall–Kier alpha value is -0.890. The van der Waals surface area contributed by atoms with Crippen molar-refractivity contribution in [3.8, 4) is 0 Å². The Morgan fingerprint density at radius 1 is 1.36 bits per heavy atom. The molecule has 3 heteroatoms. The molecule has 0 bridgehead atoms. The topological polar surface area (TPSA) is 17.1 Å². The lowest BCUT2D eigenvalue weighted by Gasteiger charge is -2.17. The number of hydrogen-bond acceptors (Lipinski definition) is 1. The molecule has 0 aliphatic rings. The summed E-state index contributed by atoms with van der Waals surface area (Å²) < 4.78 is 12.7. The Bertz CT molecular complexity index is 366. The summed E-state index contributed by atoms with van der Waals surface area (Å²) in [6.07, 6.45) is 0. The van der Waals surface area contributed by atoms with Gasteiger partial charge in [-0.05, 0) is 18.2 Å². The second kappa shape index (κ2) is 3.70. The molecule has 76 valence electrons. The lowest BCUT2D eigenvalue weighted by Crippen LogP contribution is -2.20. The third-order valence-corrected chi connectivity index (χ3v) is 2.17. The Kier molecular flexibility index (Phi) is 2.95. The second-order valence-corrected chi connectivity index (χ2v) is 4.61. The van der Waals surface area contributed by atoms with Crippen LogP contribution in [0.25, 0.3) is 0 Å². The summed E-state index contributed by atoms with van der Waals surface area (Å²) in [5.74, 6) is -0.511. The van der Waals surface area contributed by atoms with Crippen LogP contribution in [0.5, 0.6) is 0 Å². The van der Waals surface area contributed by atoms with E-state index in [-0.39, 0.29) is 10.8 Å². The lowest BCUT2D eigenvalue weighted by atomic mass is 9.86. The van der Waals surface area contributed by atoms with Crippen LogP contribution in [0.2, 0.25) is 5.02 Å². The monoisotopic (exact) mass is 214 g/mol. The fraction of sp³-hybridized carbons (Fsp3) is 0.364. The van der Waals surface area contributed by atoms with Gasteiger partial charge in [-0.1, -0.05) is 32.4 Å². The van der Waals surface area contributed by atoms with Crippen LogP contribution in [0.1, 0.15) is 31.1 Å². The van der Waals surface area contributed by atoms with E-state index in [0.717, 1.165) is 6.07 Å². The van der Waals surface area contributed by atoms with Crippen molar-refractivity contribution < 1.29 is 9.18 Å². The fourth-order valence-corrected chi connectivity index (χ4v) is 1.33. The number of Topliss-reactive ketones (excluding diaryl/α,β-unsaturated/α-hetero) is 1. The van der Waals surface area contributed by atoms with Gasteiger partial charge in [-0.25, -0.2) is 4.39 Å². The van der Waals surface area contributed by atoms with E-state index in [4.69, 9.17) is 11.6 Å².